The summed E-state index contributed by atoms with van der Waals surface area (Å²) in [6.07, 6.45) is 1.23. The SMILES string of the molecule is COC(C)(C)/C(O)=C/C(=O)C(C)C.[Ce+4]. The molecule has 0 aliphatic carbocycles. The van der Waals surface area contributed by atoms with Crippen molar-refractivity contribution >= 4 is 5.78 Å². The maximum absolute atomic E-state index is 11.2. The molecule has 0 radical (unpaired) electrons. The Hall–Kier alpha value is 0.547. The minimum Gasteiger partial charge on any atom is -0.509 e. The molecule has 76 valence electrons. The molecule has 0 rings (SSSR count). The predicted octanol–water partition coefficient (Wildman–Crippen LogP) is 2.08. The number of aliphatic hydroxyl groups is 1. The molecular weight excluding hydrogens is 308 g/mol. The van der Waals surface area contributed by atoms with Crippen LogP contribution in [0.3, 0.4) is 0 Å². The van der Waals surface area contributed by atoms with Gasteiger partial charge in [-0.3, -0.25) is 4.79 Å². The summed E-state index contributed by atoms with van der Waals surface area (Å²) in [4.78, 5) is 11.2. The van der Waals surface area contributed by atoms with E-state index in [0.717, 1.165) is 0 Å². The van der Waals surface area contributed by atoms with Crippen molar-refractivity contribution in [1.82, 2.24) is 0 Å². The van der Waals surface area contributed by atoms with E-state index in [4.69, 9.17) is 4.74 Å². The van der Waals surface area contributed by atoms with Crippen LogP contribution in [0.15, 0.2) is 11.8 Å². The molecule has 0 unspecified atom stereocenters. The Kier molecular flexibility index (Phi) is 8.39. The Labute approximate surface area is 119 Å². The summed E-state index contributed by atoms with van der Waals surface area (Å²) in [6, 6.07) is 0. The van der Waals surface area contributed by atoms with E-state index in [1.54, 1.807) is 27.7 Å². The molecular formula is C10H18CeO3+4. The number of hydrogen-bond donors (Lipinski definition) is 1. The third kappa shape index (κ3) is 5.43. The van der Waals surface area contributed by atoms with Gasteiger partial charge < -0.3 is 9.84 Å². The summed E-state index contributed by atoms with van der Waals surface area (Å²) in [7, 11) is 1.49. The van der Waals surface area contributed by atoms with E-state index in [0.29, 0.717) is 0 Å². The van der Waals surface area contributed by atoms with Crippen molar-refractivity contribution in [2.45, 2.75) is 33.3 Å². The molecule has 0 heterocycles. The zero-order valence-corrected chi connectivity index (χ0v) is 12.6. The molecule has 0 atom stereocenters. The van der Waals surface area contributed by atoms with Crippen LogP contribution in [-0.4, -0.2) is 23.6 Å². The summed E-state index contributed by atoms with van der Waals surface area (Å²) in [5.74, 6) is -0.230. The van der Waals surface area contributed by atoms with Gasteiger partial charge >= 0.3 is 41.7 Å². The van der Waals surface area contributed by atoms with Crippen molar-refractivity contribution in [2.24, 2.45) is 5.92 Å². The van der Waals surface area contributed by atoms with Crippen LogP contribution in [0.2, 0.25) is 0 Å². The van der Waals surface area contributed by atoms with Gasteiger partial charge in [0.05, 0.1) is 0 Å². The van der Waals surface area contributed by atoms with Gasteiger partial charge in [-0.1, -0.05) is 13.8 Å². The molecule has 0 bridgehead atoms. The van der Waals surface area contributed by atoms with Crippen molar-refractivity contribution < 1.29 is 56.4 Å². The van der Waals surface area contributed by atoms with E-state index in [-0.39, 0.29) is 59.2 Å². The van der Waals surface area contributed by atoms with Crippen molar-refractivity contribution in [2.75, 3.05) is 7.11 Å². The second-order valence-electron chi connectivity index (χ2n) is 3.80. The Balaban J connectivity index is 0. The summed E-state index contributed by atoms with van der Waals surface area (Å²) >= 11 is 0. The quantitative estimate of drug-likeness (QED) is 0.635. The van der Waals surface area contributed by atoms with Crippen molar-refractivity contribution in [3.05, 3.63) is 11.8 Å². The summed E-state index contributed by atoms with van der Waals surface area (Å²) in [6.45, 7) is 6.97. The minimum absolute atomic E-state index is 0. The zero-order valence-electron chi connectivity index (χ0n) is 9.42. The molecule has 0 aromatic carbocycles. The third-order valence-corrected chi connectivity index (χ3v) is 1.98. The van der Waals surface area contributed by atoms with E-state index in [9.17, 15) is 9.90 Å². The second-order valence-corrected chi connectivity index (χ2v) is 3.80. The number of aliphatic hydroxyl groups excluding tert-OH is 1. The van der Waals surface area contributed by atoms with Crippen LogP contribution in [-0.2, 0) is 9.53 Å². The van der Waals surface area contributed by atoms with Crippen LogP contribution in [0.4, 0.5) is 0 Å². The molecule has 4 heteroatoms. The molecule has 0 aromatic heterocycles. The Bertz CT molecular complexity index is 219. The number of allylic oxidation sites excluding steroid dienone is 1. The molecule has 14 heavy (non-hydrogen) atoms. The fourth-order valence-corrected chi connectivity index (χ4v) is 0.580. The van der Waals surface area contributed by atoms with E-state index < -0.39 is 5.60 Å². The van der Waals surface area contributed by atoms with Crippen LogP contribution < -0.4 is 0 Å². The normalized spacial score (nSPS) is 12.6. The smallest absolute Gasteiger partial charge is 0.509 e. The monoisotopic (exact) mass is 326 g/mol. The number of ether oxygens (including phenoxy) is 1. The van der Waals surface area contributed by atoms with Crippen molar-refractivity contribution in [3.63, 3.8) is 0 Å². The molecule has 0 saturated heterocycles. The molecule has 1 N–H and O–H groups in total. The predicted molar refractivity (Wildman–Crippen MR) is 51.6 cm³/mol. The molecule has 0 aliphatic rings. The molecule has 0 amide bonds. The van der Waals surface area contributed by atoms with Gasteiger partial charge in [0.25, 0.3) is 0 Å². The average Bonchev–Trinajstić information content (AvgIpc) is 2.04. The number of hydrogen-bond acceptors (Lipinski definition) is 3. The Morgan fingerprint density at radius 3 is 2.14 bits per heavy atom. The van der Waals surface area contributed by atoms with E-state index in [1.165, 1.54) is 13.2 Å². The maximum atomic E-state index is 11.2. The maximum Gasteiger partial charge on any atom is 4.00 e. The number of carbonyl (C=O) groups is 1. The molecule has 0 fully saturated rings. The molecule has 0 saturated carbocycles. The topological polar surface area (TPSA) is 46.5 Å². The van der Waals surface area contributed by atoms with Crippen LogP contribution in [0.25, 0.3) is 0 Å². The van der Waals surface area contributed by atoms with Gasteiger partial charge in [-0.25, -0.2) is 0 Å². The van der Waals surface area contributed by atoms with Crippen LogP contribution >= 0.6 is 0 Å². The van der Waals surface area contributed by atoms with Gasteiger partial charge in [0.2, 0.25) is 0 Å². The number of rotatable bonds is 4. The molecule has 3 nitrogen and oxygen atoms in total. The Morgan fingerprint density at radius 2 is 1.86 bits per heavy atom. The second kappa shape index (κ2) is 6.93. The number of ketones is 1. The van der Waals surface area contributed by atoms with Crippen LogP contribution in [0, 0.1) is 47.7 Å². The zero-order chi connectivity index (χ0) is 10.6. The fourth-order valence-electron chi connectivity index (χ4n) is 0.580. The van der Waals surface area contributed by atoms with E-state index >= 15 is 0 Å². The van der Waals surface area contributed by atoms with Gasteiger partial charge in [0.1, 0.15) is 11.4 Å². The first-order valence-corrected chi connectivity index (χ1v) is 4.31. The van der Waals surface area contributed by atoms with Crippen molar-refractivity contribution in [1.29, 1.82) is 0 Å². The minimum atomic E-state index is -0.787. The molecule has 0 spiro atoms. The first kappa shape index (κ1) is 17.0. The molecule has 0 aromatic rings. The van der Waals surface area contributed by atoms with Gasteiger partial charge in [-0.2, -0.15) is 0 Å². The Morgan fingerprint density at radius 1 is 1.43 bits per heavy atom. The van der Waals surface area contributed by atoms with Gasteiger partial charge in [0.15, 0.2) is 5.78 Å². The molecule has 0 aliphatic heterocycles. The summed E-state index contributed by atoms with van der Waals surface area (Å²) < 4.78 is 5.01. The van der Waals surface area contributed by atoms with E-state index in [1.807, 2.05) is 0 Å². The van der Waals surface area contributed by atoms with E-state index in [2.05, 4.69) is 0 Å². The fraction of sp³-hybridized carbons (Fsp3) is 0.700. The number of methoxy groups -OCH3 is 1. The number of carbonyl (C=O) groups excluding carboxylic acids is 1. The van der Waals surface area contributed by atoms with Gasteiger partial charge in [-0.05, 0) is 13.8 Å². The van der Waals surface area contributed by atoms with Crippen LogP contribution in [0.1, 0.15) is 27.7 Å². The largest absolute Gasteiger partial charge is 4.00 e. The van der Waals surface area contributed by atoms with Gasteiger partial charge in [0, 0.05) is 19.1 Å². The van der Waals surface area contributed by atoms with Crippen molar-refractivity contribution in [3.8, 4) is 0 Å². The first-order chi connectivity index (χ1) is 5.81. The summed E-state index contributed by atoms with van der Waals surface area (Å²) in [5, 5.41) is 9.51. The third-order valence-electron chi connectivity index (χ3n) is 1.98. The first-order valence-electron chi connectivity index (χ1n) is 4.31. The summed E-state index contributed by atoms with van der Waals surface area (Å²) in [5.41, 5.74) is -0.787. The van der Waals surface area contributed by atoms with Gasteiger partial charge in [-0.15, -0.1) is 0 Å². The average molecular weight is 326 g/mol. The van der Waals surface area contributed by atoms with Crippen LogP contribution in [0.5, 0.6) is 0 Å². The standard InChI is InChI=1S/C10H18O3.Ce/c1-7(2)8(11)6-9(12)10(3,4)13-5;/h6-7,12H,1-5H3;/q;+4/b9-6-;.